The molecule has 0 amide bonds. The molecule has 0 spiro atoms. The highest BCUT2D eigenvalue weighted by molar-refractivity contribution is 5.43. The summed E-state index contributed by atoms with van der Waals surface area (Å²) in [5.74, 6) is 4.07. The van der Waals surface area contributed by atoms with E-state index in [1.54, 1.807) is 0 Å². The second-order valence-corrected chi connectivity index (χ2v) is 3.83. The molecule has 1 heteroatoms. The summed E-state index contributed by atoms with van der Waals surface area (Å²) in [6.45, 7) is 7.00. The van der Waals surface area contributed by atoms with Crippen molar-refractivity contribution < 1.29 is 4.74 Å². The quantitative estimate of drug-likeness (QED) is 0.662. The fourth-order valence-corrected chi connectivity index (χ4v) is 1.15. The Labute approximate surface area is 86.1 Å². The van der Waals surface area contributed by atoms with Gasteiger partial charge in [0.25, 0.3) is 0 Å². The average Bonchev–Trinajstić information content (AvgIpc) is 2.15. The van der Waals surface area contributed by atoms with Crippen LogP contribution in [0.15, 0.2) is 18.2 Å². The predicted molar refractivity (Wildman–Crippen MR) is 59.4 cm³/mol. The Morgan fingerprint density at radius 1 is 1.43 bits per heavy atom. The second kappa shape index (κ2) is 4.72. The summed E-state index contributed by atoms with van der Waals surface area (Å²) in [7, 11) is 0. The first-order valence-corrected chi connectivity index (χ1v) is 4.83. The molecule has 1 nitrogen and oxygen atoms in total. The molecule has 0 saturated heterocycles. The van der Waals surface area contributed by atoms with Crippen LogP contribution in [0.5, 0.6) is 5.75 Å². The molecule has 0 fully saturated rings. The maximum Gasteiger partial charge on any atom is 0.119 e. The SMILES string of the molecule is C#Cc1ccc(OCC(C)C)cc1C. The molecule has 0 aliphatic rings. The van der Waals surface area contributed by atoms with Crippen LogP contribution in [0.3, 0.4) is 0 Å². The van der Waals surface area contributed by atoms with Crippen LogP contribution in [0.2, 0.25) is 0 Å². The van der Waals surface area contributed by atoms with E-state index in [-0.39, 0.29) is 0 Å². The lowest BCUT2D eigenvalue weighted by molar-refractivity contribution is 0.271. The molecule has 0 bridgehead atoms. The minimum Gasteiger partial charge on any atom is -0.493 e. The smallest absolute Gasteiger partial charge is 0.119 e. The van der Waals surface area contributed by atoms with Gasteiger partial charge in [-0.15, -0.1) is 6.42 Å². The van der Waals surface area contributed by atoms with Crippen molar-refractivity contribution in [2.75, 3.05) is 6.61 Å². The Bertz CT molecular complexity index is 345. The molecular weight excluding hydrogens is 172 g/mol. The van der Waals surface area contributed by atoms with Gasteiger partial charge in [0.2, 0.25) is 0 Å². The number of ether oxygens (including phenoxy) is 1. The zero-order chi connectivity index (χ0) is 10.6. The van der Waals surface area contributed by atoms with Gasteiger partial charge in [-0.1, -0.05) is 19.8 Å². The largest absolute Gasteiger partial charge is 0.493 e. The van der Waals surface area contributed by atoms with Crippen molar-refractivity contribution in [1.29, 1.82) is 0 Å². The van der Waals surface area contributed by atoms with Crippen molar-refractivity contribution in [2.45, 2.75) is 20.8 Å². The highest BCUT2D eigenvalue weighted by atomic mass is 16.5. The van der Waals surface area contributed by atoms with Crippen LogP contribution in [0.25, 0.3) is 0 Å². The number of hydrogen-bond donors (Lipinski definition) is 0. The molecule has 0 aliphatic heterocycles. The summed E-state index contributed by atoms with van der Waals surface area (Å²) in [4.78, 5) is 0. The van der Waals surface area contributed by atoms with E-state index in [9.17, 15) is 0 Å². The topological polar surface area (TPSA) is 9.23 Å². The lowest BCUT2D eigenvalue weighted by Gasteiger charge is -2.09. The maximum atomic E-state index is 5.58. The molecule has 1 aromatic carbocycles. The van der Waals surface area contributed by atoms with Crippen LogP contribution in [0.1, 0.15) is 25.0 Å². The van der Waals surface area contributed by atoms with Crippen molar-refractivity contribution in [3.63, 3.8) is 0 Å². The first kappa shape index (κ1) is 10.7. The van der Waals surface area contributed by atoms with Gasteiger partial charge in [0.1, 0.15) is 5.75 Å². The molecule has 1 aromatic rings. The third-order valence-corrected chi connectivity index (χ3v) is 1.94. The Morgan fingerprint density at radius 2 is 2.14 bits per heavy atom. The van der Waals surface area contributed by atoms with Gasteiger partial charge >= 0.3 is 0 Å². The van der Waals surface area contributed by atoms with Crippen molar-refractivity contribution >= 4 is 0 Å². The summed E-state index contributed by atoms with van der Waals surface area (Å²) >= 11 is 0. The number of benzene rings is 1. The summed E-state index contributed by atoms with van der Waals surface area (Å²) in [5, 5.41) is 0. The fraction of sp³-hybridized carbons (Fsp3) is 0.385. The summed E-state index contributed by atoms with van der Waals surface area (Å²) in [5.41, 5.74) is 2.02. The summed E-state index contributed by atoms with van der Waals surface area (Å²) in [6, 6.07) is 5.83. The first-order valence-electron chi connectivity index (χ1n) is 4.83. The Hall–Kier alpha value is -1.42. The lowest BCUT2D eigenvalue weighted by atomic mass is 10.1. The molecule has 1 rings (SSSR count). The molecule has 0 N–H and O–H groups in total. The zero-order valence-electron chi connectivity index (χ0n) is 9.00. The molecule has 0 saturated carbocycles. The van der Waals surface area contributed by atoms with E-state index in [4.69, 9.17) is 11.2 Å². The number of aryl methyl sites for hydroxylation is 1. The van der Waals surface area contributed by atoms with Crippen LogP contribution in [-0.2, 0) is 0 Å². The minimum atomic E-state index is 0.544. The standard InChI is InChI=1S/C13H16O/c1-5-12-6-7-13(8-11(12)4)14-9-10(2)3/h1,6-8,10H,9H2,2-4H3. The molecule has 0 atom stereocenters. The third kappa shape index (κ3) is 2.81. The Balaban J connectivity index is 2.73. The van der Waals surface area contributed by atoms with Crippen LogP contribution >= 0.6 is 0 Å². The van der Waals surface area contributed by atoms with Crippen molar-refractivity contribution in [1.82, 2.24) is 0 Å². The second-order valence-electron chi connectivity index (χ2n) is 3.83. The van der Waals surface area contributed by atoms with E-state index in [0.717, 1.165) is 23.5 Å². The Kier molecular flexibility index (Phi) is 3.59. The van der Waals surface area contributed by atoms with Crippen LogP contribution in [0, 0.1) is 25.2 Å². The van der Waals surface area contributed by atoms with E-state index < -0.39 is 0 Å². The number of hydrogen-bond acceptors (Lipinski definition) is 1. The van der Waals surface area contributed by atoms with E-state index >= 15 is 0 Å². The van der Waals surface area contributed by atoms with Gasteiger partial charge < -0.3 is 4.74 Å². The summed E-state index contributed by atoms with van der Waals surface area (Å²) in [6.07, 6.45) is 5.33. The monoisotopic (exact) mass is 188 g/mol. The zero-order valence-corrected chi connectivity index (χ0v) is 9.00. The molecule has 0 heterocycles. The van der Waals surface area contributed by atoms with Gasteiger partial charge in [-0.2, -0.15) is 0 Å². The van der Waals surface area contributed by atoms with Crippen LogP contribution in [-0.4, -0.2) is 6.61 Å². The molecule has 0 unspecified atom stereocenters. The van der Waals surface area contributed by atoms with Gasteiger partial charge in [-0.3, -0.25) is 0 Å². The van der Waals surface area contributed by atoms with Crippen LogP contribution < -0.4 is 4.74 Å². The molecule has 74 valence electrons. The fourth-order valence-electron chi connectivity index (χ4n) is 1.15. The van der Waals surface area contributed by atoms with Gasteiger partial charge in [0.15, 0.2) is 0 Å². The normalized spacial score (nSPS) is 9.93. The van der Waals surface area contributed by atoms with Crippen LogP contribution in [0.4, 0.5) is 0 Å². The van der Waals surface area contributed by atoms with Crippen molar-refractivity contribution in [2.24, 2.45) is 5.92 Å². The lowest BCUT2D eigenvalue weighted by Crippen LogP contribution is -2.04. The molecular formula is C13H16O. The highest BCUT2D eigenvalue weighted by Gasteiger charge is 1.99. The Morgan fingerprint density at radius 3 is 2.64 bits per heavy atom. The van der Waals surface area contributed by atoms with Gasteiger partial charge in [-0.25, -0.2) is 0 Å². The number of rotatable bonds is 3. The molecule has 0 aromatic heterocycles. The maximum absolute atomic E-state index is 5.58. The van der Waals surface area contributed by atoms with E-state index in [2.05, 4.69) is 19.8 Å². The van der Waals surface area contributed by atoms with Crippen molar-refractivity contribution in [3.05, 3.63) is 29.3 Å². The van der Waals surface area contributed by atoms with Gasteiger partial charge in [-0.05, 0) is 36.6 Å². The molecule has 0 radical (unpaired) electrons. The average molecular weight is 188 g/mol. The first-order chi connectivity index (χ1) is 6.63. The van der Waals surface area contributed by atoms with E-state index in [1.165, 1.54) is 0 Å². The predicted octanol–water partition coefficient (Wildman–Crippen LogP) is 3.01. The minimum absolute atomic E-state index is 0.544. The third-order valence-electron chi connectivity index (χ3n) is 1.94. The highest BCUT2D eigenvalue weighted by Crippen LogP contribution is 2.17. The van der Waals surface area contributed by atoms with Gasteiger partial charge in [0.05, 0.1) is 6.61 Å². The number of terminal acetylenes is 1. The summed E-state index contributed by atoms with van der Waals surface area (Å²) < 4.78 is 5.58. The van der Waals surface area contributed by atoms with Crippen molar-refractivity contribution in [3.8, 4) is 18.1 Å². The van der Waals surface area contributed by atoms with E-state index in [1.807, 2.05) is 25.1 Å². The molecule has 0 aliphatic carbocycles. The molecule has 14 heavy (non-hydrogen) atoms. The van der Waals surface area contributed by atoms with Gasteiger partial charge in [0, 0.05) is 5.56 Å². The van der Waals surface area contributed by atoms with E-state index in [0.29, 0.717) is 5.92 Å².